The van der Waals surface area contributed by atoms with Crippen molar-refractivity contribution in [3.8, 4) is 0 Å². The van der Waals surface area contributed by atoms with Gasteiger partial charge in [-0.2, -0.15) is 11.8 Å². The van der Waals surface area contributed by atoms with Gasteiger partial charge in [-0.05, 0) is 37.9 Å². The Labute approximate surface area is 292 Å². The zero-order chi connectivity index (χ0) is 36.3. The van der Waals surface area contributed by atoms with Gasteiger partial charge in [-0.3, -0.25) is 18.9 Å². The number of rotatable bonds is 30. The summed E-state index contributed by atoms with van der Waals surface area (Å²) in [5.74, 6) is -2.59. The number of hydrogen-bond acceptors (Lipinski definition) is 16. The molecule has 1 saturated carbocycles. The highest BCUT2D eigenvalue weighted by molar-refractivity contribution is 8.00. The molecule has 2 N–H and O–H groups in total. The van der Waals surface area contributed by atoms with Crippen LogP contribution in [0.25, 0.3) is 0 Å². The summed E-state index contributed by atoms with van der Waals surface area (Å²) in [5.41, 5.74) is 0. The standard InChI is InChI=1S/C30H53N2O15PS/c1-40-13-15-43-17-19-45-29(36)31-11-7-6-10-23(32-30(37)46-20-18-44-16-14-41-2)27(34)26-24(33)22-25(28(26)35)49-21-9-5-4-8-12-47-48(38,39)42-3/h23,25-26H,4-22H2,1-3H3,(H,31,36)(H,32,37)(H,38,39)/p-1. The van der Waals surface area contributed by atoms with E-state index in [4.69, 9.17) is 28.4 Å². The second-order valence-electron chi connectivity index (χ2n) is 10.7. The van der Waals surface area contributed by atoms with Crippen molar-refractivity contribution in [2.75, 3.05) is 93.1 Å². The van der Waals surface area contributed by atoms with Crippen LogP contribution in [0, 0.1) is 5.92 Å². The number of ketones is 3. The number of thioether (sulfide) groups is 1. The molecule has 0 heterocycles. The molecule has 2 amide bonds. The number of nitrogens with one attached hydrogen (secondary N) is 2. The summed E-state index contributed by atoms with van der Waals surface area (Å²) in [7, 11) is -0.134. The van der Waals surface area contributed by atoms with Crippen LogP contribution in [-0.2, 0) is 56.4 Å². The lowest BCUT2D eigenvalue weighted by atomic mass is 9.92. The first-order valence-corrected chi connectivity index (χ1v) is 18.8. The Kier molecular flexibility index (Phi) is 25.2. The summed E-state index contributed by atoms with van der Waals surface area (Å²) < 4.78 is 50.4. The zero-order valence-electron chi connectivity index (χ0n) is 28.6. The van der Waals surface area contributed by atoms with Crippen LogP contribution in [0.1, 0.15) is 51.4 Å². The highest BCUT2D eigenvalue weighted by atomic mass is 32.2. The summed E-state index contributed by atoms with van der Waals surface area (Å²) in [6, 6.07) is -1.16. The van der Waals surface area contributed by atoms with Crippen molar-refractivity contribution in [3.05, 3.63) is 0 Å². The van der Waals surface area contributed by atoms with Crippen molar-refractivity contribution < 1.29 is 70.9 Å². The van der Waals surface area contributed by atoms with Crippen LogP contribution in [0.4, 0.5) is 9.59 Å². The Balaban J connectivity index is 2.58. The van der Waals surface area contributed by atoms with Crippen LogP contribution in [0.15, 0.2) is 0 Å². The third-order valence-electron chi connectivity index (χ3n) is 7.04. The van der Waals surface area contributed by atoms with Crippen LogP contribution in [-0.4, -0.2) is 134 Å². The van der Waals surface area contributed by atoms with Crippen LogP contribution < -0.4 is 15.5 Å². The normalized spacial score (nSPS) is 17.8. The lowest BCUT2D eigenvalue weighted by Crippen LogP contribution is -2.46. The third kappa shape index (κ3) is 21.0. The quantitative estimate of drug-likeness (QED) is 0.0608. The molecule has 19 heteroatoms. The van der Waals surface area contributed by atoms with Gasteiger partial charge in [0.1, 0.15) is 19.1 Å². The zero-order valence-corrected chi connectivity index (χ0v) is 30.4. The monoisotopic (exact) mass is 743 g/mol. The van der Waals surface area contributed by atoms with Gasteiger partial charge >= 0.3 is 12.2 Å². The van der Waals surface area contributed by atoms with E-state index in [1.165, 1.54) is 18.9 Å². The molecule has 284 valence electrons. The molecule has 1 aliphatic carbocycles. The van der Waals surface area contributed by atoms with Gasteiger partial charge in [0.05, 0.1) is 57.5 Å². The second kappa shape index (κ2) is 27.6. The number of carbonyl (C=O) groups excluding carboxylic acids is 5. The molecule has 17 nitrogen and oxygen atoms in total. The molecule has 0 aliphatic heterocycles. The van der Waals surface area contributed by atoms with Crippen LogP contribution in [0.5, 0.6) is 0 Å². The number of ether oxygens (including phenoxy) is 6. The van der Waals surface area contributed by atoms with E-state index < -0.39 is 54.6 Å². The van der Waals surface area contributed by atoms with Gasteiger partial charge in [-0.1, -0.05) is 12.8 Å². The predicted octanol–water partition coefficient (Wildman–Crippen LogP) is 1.82. The van der Waals surface area contributed by atoms with Crippen molar-refractivity contribution in [2.45, 2.75) is 62.7 Å². The number of phosphoric ester groups is 1. The van der Waals surface area contributed by atoms with Gasteiger partial charge < -0.3 is 53.0 Å². The van der Waals surface area contributed by atoms with Gasteiger partial charge in [0, 0.05) is 34.3 Å². The first-order chi connectivity index (χ1) is 23.6. The van der Waals surface area contributed by atoms with E-state index in [2.05, 4.69) is 19.7 Å². The number of amides is 2. The Morgan fingerprint density at radius 3 is 2.06 bits per heavy atom. The Morgan fingerprint density at radius 2 is 1.43 bits per heavy atom. The lowest BCUT2D eigenvalue weighted by molar-refractivity contribution is -0.223. The minimum Gasteiger partial charge on any atom is -0.756 e. The maximum absolute atomic E-state index is 13.5. The molecule has 0 radical (unpaired) electrons. The fourth-order valence-electron chi connectivity index (χ4n) is 4.46. The largest absolute Gasteiger partial charge is 0.756 e. The van der Waals surface area contributed by atoms with Crippen LogP contribution >= 0.6 is 19.6 Å². The van der Waals surface area contributed by atoms with E-state index in [9.17, 15) is 33.4 Å². The minimum atomic E-state index is -4.24. The number of carbonyl (C=O) groups is 5. The third-order valence-corrected chi connectivity index (χ3v) is 9.31. The van der Waals surface area contributed by atoms with E-state index in [0.717, 1.165) is 20.0 Å². The fourth-order valence-corrected chi connectivity index (χ4v) is 6.15. The van der Waals surface area contributed by atoms with Crippen molar-refractivity contribution in [1.82, 2.24) is 10.6 Å². The topological polar surface area (TPSA) is 223 Å². The predicted molar refractivity (Wildman–Crippen MR) is 175 cm³/mol. The maximum Gasteiger partial charge on any atom is 0.407 e. The minimum absolute atomic E-state index is 0.0149. The molecule has 4 unspecified atom stereocenters. The molecular formula is C30H52N2O15PS-. The number of unbranched alkanes of at least 4 members (excludes halogenated alkanes) is 4. The molecular weight excluding hydrogens is 691 g/mol. The summed E-state index contributed by atoms with van der Waals surface area (Å²) in [4.78, 5) is 75.2. The van der Waals surface area contributed by atoms with Crippen molar-refractivity contribution in [2.24, 2.45) is 5.92 Å². The number of methoxy groups -OCH3 is 2. The van der Waals surface area contributed by atoms with Gasteiger partial charge in [0.15, 0.2) is 17.3 Å². The number of alkyl carbamates (subject to hydrolysis) is 2. The maximum atomic E-state index is 13.5. The van der Waals surface area contributed by atoms with Crippen molar-refractivity contribution >= 4 is 49.1 Å². The second-order valence-corrected chi connectivity index (χ2v) is 13.6. The SMILES string of the molecule is COCCOCCOC(=O)NCCCCC(NC(=O)OCCOCCOC)C(=O)C1C(=O)CC(SCCCCCCOP(=O)([O-])OC)C1=O. The van der Waals surface area contributed by atoms with Gasteiger partial charge in [0.2, 0.25) is 0 Å². The molecule has 0 bridgehead atoms. The molecule has 49 heavy (non-hydrogen) atoms. The summed E-state index contributed by atoms with van der Waals surface area (Å²) >= 11 is 1.30. The lowest BCUT2D eigenvalue weighted by Gasteiger charge is -2.20. The molecule has 1 aliphatic rings. The average molecular weight is 744 g/mol. The Hall–Kier alpha value is -2.15. The summed E-state index contributed by atoms with van der Waals surface area (Å²) in [6.07, 6.45) is 1.98. The van der Waals surface area contributed by atoms with Crippen LogP contribution in [0.2, 0.25) is 0 Å². The molecule has 0 aromatic heterocycles. The Bertz CT molecular complexity index is 1040. The summed E-state index contributed by atoms with van der Waals surface area (Å²) in [5, 5.41) is 4.42. The van der Waals surface area contributed by atoms with E-state index >= 15 is 0 Å². The average Bonchev–Trinajstić information content (AvgIpc) is 3.36. The van der Waals surface area contributed by atoms with E-state index in [1.807, 2.05) is 0 Å². The van der Waals surface area contributed by atoms with Crippen LogP contribution in [0.3, 0.4) is 0 Å². The number of phosphoric acid groups is 1. The van der Waals surface area contributed by atoms with E-state index in [-0.39, 0.29) is 52.4 Å². The highest BCUT2D eigenvalue weighted by Gasteiger charge is 2.47. The van der Waals surface area contributed by atoms with E-state index in [1.54, 1.807) is 7.11 Å². The molecule has 4 atom stereocenters. The molecule has 1 fully saturated rings. The molecule has 0 spiro atoms. The van der Waals surface area contributed by atoms with Crippen molar-refractivity contribution in [3.63, 3.8) is 0 Å². The molecule has 0 saturated heterocycles. The summed E-state index contributed by atoms with van der Waals surface area (Å²) in [6.45, 7) is 2.06. The van der Waals surface area contributed by atoms with Gasteiger partial charge in [-0.15, -0.1) is 0 Å². The first kappa shape index (κ1) is 44.9. The Morgan fingerprint density at radius 1 is 0.816 bits per heavy atom. The fraction of sp³-hybridized carbons (Fsp3) is 0.833. The van der Waals surface area contributed by atoms with Gasteiger partial charge in [-0.25, -0.2) is 9.59 Å². The molecule has 0 aromatic rings. The highest BCUT2D eigenvalue weighted by Crippen LogP contribution is 2.37. The number of hydrogen-bond donors (Lipinski definition) is 2. The van der Waals surface area contributed by atoms with Crippen molar-refractivity contribution in [1.29, 1.82) is 0 Å². The van der Waals surface area contributed by atoms with Gasteiger partial charge in [0.25, 0.3) is 7.82 Å². The smallest absolute Gasteiger partial charge is 0.407 e. The molecule has 1 rings (SSSR count). The van der Waals surface area contributed by atoms with E-state index in [0.29, 0.717) is 57.9 Å². The molecule has 0 aromatic carbocycles. The number of Topliss-reactive ketones (excluding diaryl/α,β-unsaturated/α-hetero) is 3. The first-order valence-electron chi connectivity index (χ1n) is 16.3.